The molecule has 0 heterocycles. The number of aromatic hydroxyl groups is 1. The number of rotatable bonds is 5. The molecule has 100 valence electrons. The average molecular weight is 251 g/mol. The van der Waals surface area contributed by atoms with Crippen molar-refractivity contribution in [3.05, 3.63) is 24.3 Å². The number of phenolic OH excluding ortho intramolecular Hbond substituents is 1. The Hall–Kier alpha value is -1.55. The Morgan fingerprint density at radius 2 is 2.11 bits per heavy atom. The maximum Gasteiger partial charge on any atom is 0.258 e. The van der Waals surface area contributed by atoms with Crippen molar-refractivity contribution in [3.63, 3.8) is 0 Å². The number of methoxy groups -OCH3 is 1. The quantitative estimate of drug-likeness (QED) is 0.875. The van der Waals surface area contributed by atoms with Crippen LogP contribution in [-0.2, 0) is 9.53 Å². The van der Waals surface area contributed by atoms with Gasteiger partial charge in [-0.05, 0) is 32.4 Å². The lowest BCUT2D eigenvalue weighted by Gasteiger charge is -2.32. The SMILES string of the molecule is CCN(C(=O)C(C)(CC)OC)c1cccc(O)c1. The normalized spacial score (nSPS) is 14.0. The number of anilines is 1. The van der Waals surface area contributed by atoms with Gasteiger partial charge >= 0.3 is 0 Å². The first-order valence-corrected chi connectivity index (χ1v) is 6.14. The van der Waals surface area contributed by atoms with Crippen molar-refractivity contribution in [3.8, 4) is 5.75 Å². The van der Waals surface area contributed by atoms with E-state index in [1.54, 1.807) is 36.1 Å². The minimum atomic E-state index is -0.832. The van der Waals surface area contributed by atoms with E-state index >= 15 is 0 Å². The number of hydrogen-bond acceptors (Lipinski definition) is 3. The summed E-state index contributed by atoms with van der Waals surface area (Å²) in [5, 5.41) is 9.49. The van der Waals surface area contributed by atoms with Gasteiger partial charge in [-0.3, -0.25) is 4.79 Å². The lowest BCUT2D eigenvalue weighted by atomic mass is 10.0. The van der Waals surface area contributed by atoms with Crippen LogP contribution in [0.3, 0.4) is 0 Å². The minimum absolute atomic E-state index is 0.0967. The second kappa shape index (κ2) is 5.87. The Bertz CT molecular complexity index is 413. The molecule has 0 saturated carbocycles. The molecule has 1 rings (SSSR count). The number of amides is 1. The molecule has 0 aliphatic heterocycles. The summed E-state index contributed by atoms with van der Waals surface area (Å²) in [7, 11) is 1.54. The lowest BCUT2D eigenvalue weighted by Crippen LogP contribution is -2.48. The number of ether oxygens (including phenoxy) is 1. The molecule has 0 fully saturated rings. The Balaban J connectivity index is 3.07. The fraction of sp³-hybridized carbons (Fsp3) is 0.500. The van der Waals surface area contributed by atoms with Gasteiger partial charge in [-0.15, -0.1) is 0 Å². The molecule has 0 aliphatic rings. The predicted molar refractivity (Wildman–Crippen MR) is 71.8 cm³/mol. The minimum Gasteiger partial charge on any atom is -0.508 e. The fourth-order valence-corrected chi connectivity index (χ4v) is 1.77. The first-order chi connectivity index (χ1) is 8.48. The average Bonchev–Trinajstić information content (AvgIpc) is 2.38. The number of benzene rings is 1. The van der Waals surface area contributed by atoms with Gasteiger partial charge in [0.25, 0.3) is 5.91 Å². The highest BCUT2D eigenvalue weighted by molar-refractivity contribution is 5.99. The van der Waals surface area contributed by atoms with Crippen LogP contribution in [0.2, 0.25) is 0 Å². The zero-order chi connectivity index (χ0) is 13.8. The molecule has 0 saturated heterocycles. The van der Waals surface area contributed by atoms with E-state index in [0.717, 1.165) is 0 Å². The molecule has 0 spiro atoms. The van der Waals surface area contributed by atoms with Crippen molar-refractivity contribution in [1.29, 1.82) is 0 Å². The van der Waals surface area contributed by atoms with E-state index in [0.29, 0.717) is 18.7 Å². The van der Waals surface area contributed by atoms with E-state index in [9.17, 15) is 9.90 Å². The summed E-state index contributed by atoms with van der Waals surface area (Å²) >= 11 is 0. The van der Waals surface area contributed by atoms with Gasteiger partial charge in [0.1, 0.15) is 11.4 Å². The van der Waals surface area contributed by atoms with E-state index in [-0.39, 0.29) is 11.7 Å². The number of nitrogens with zero attached hydrogens (tertiary/aromatic N) is 1. The molecule has 4 nitrogen and oxygen atoms in total. The predicted octanol–water partition coefficient (Wildman–Crippen LogP) is 2.56. The van der Waals surface area contributed by atoms with Crippen molar-refractivity contribution in [2.75, 3.05) is 18.6 Å². The van der Waals surface area contributed by atoms with Crippen LogP contribution in [0.4, 0.5) is 5.69 Å². The molecule has 1 atom stereocenters. The second-order valence-corrected chi connectivity index (χ2v) is 4.36. The lowest BCUT2D eigenvalue weighted by molar-refractivity contribution is -0.138. The molecule has 1 unspecified atom stereocenters. The van der Waals surface area contributed by atoms with Crippen LogP contribution in [0.15, 0.2) is 24.3 Å². The maximum absolute atomic E-state index is 12.5. The molecule has 0 bridgehead atoms. The van der Waals surface area contributed by atoms with E-state index in [1.165, 1.54) is 7.11 Å². The summed E-state index contributed by atoms with van der Waals surface area (Å²) in [5.41, 5.74) is -0.152. The number of carbonyl (C=O) groups is 1. The van der Waals surface area contributed by atoms with Crippen LogP contribution in [0.5, 0.6) is 5.75 Å². The third kappa shape index (κ3) is 2.82. The third-order valence-electron chi connectivity index (χ3n) is 3.28. The van der Waals surface area contributed by atoms with Crippen LogP contribution >= 0.6 is 0 Å². The molecule has 0 radical (unpaired) electrons. The molecule has 1 N–H and O–H groups in total. The van der Waals surface area contributed by atoms with Gasteiger partial charge in [-0.2, -0.15) is 0 Å². The largest absolute Gasteiger partial charge is 0.508 e. The molecule has 1 aromatic carbocycles. The van der Waals surface area contributed by atoms with Crippen LogP contribution in [0.1, 0.15) is 27.2 Å². The van der Waals surface area contributed by atoms with Crippen molar-refractivity contribution in [1.82, 2.24) is 0 Å². The molecule has 4 heteroatoms. The summed E-state index contributed by atoms with van der Waals surface area (Å²) in [6.45, 7) is 6.12. The first-order valence-electron chi connectivity index (χ1n) is 6.14. The highest BCUT2D eigenvalue weighted by atomic mass is 16.5. The van der Waals surface area contributed by atoms with Crippen molar-refractivity contribution in [2.45, 2.75) is 32.8 Å². The molecular weight excluding hydrogens is 230 g/mol. The number of phenols is 1. The maximum atomic E-state index is 12.5. The molecule has 0 aliphatic carbocycles. The van der Waals surface area contributed by atoms with Crippen molar-refractivity contribution < 1.29 is 14.6 Å². The highest BCUT2D eigenvalue weighted by Crippen LogP contribution is 2.25. The van der Waals surface area contributed by atoms with E-state index in [2.05, 4.69) is 0 Å². The molecule has 1 amide bonds. The summed E-state index contributed by atoms with van der Waals surface area (Å²) < 4.78 is 5.33. The number of hydrogen-bond donors (Lipinski definition) is 1. The highest BCUT2D eigenvalue weighted by Gasteiger charge is 2.35. The van der Waals surface area contributed by atoms with E-state index in [4.69, 9.17) is 4.74 Å². The topological polar surface area (TPSA) is 49.8 Å². The summed E-state index contributed by atoms with van der Waals surface area (Å²) in [5.74, 6) is 0.0509. The van der Waals surface area contributed by atoms with Gasteiger partial charge in [-0.25, -0.2) is 0 Å². The fourth-order valence-electron chi connectivity index (χ4n) is 1.77. The second-order valence-electron chi connectivity index (χ2n) is 4.36. The summed E-state index contributed by atoms with van der Waals surface area (Å²) in [6.07, 6.45) is 0.595. The zero-order valence-corrected chi connectivity index (χ0v) is 11.4. The van der Waals surface area contributed by atoms with Crippen LogP contribution < -0.4 is 4.90 Å². The smallest absolute Gasteiger partial charge is 0.258 e. The first kappa shape index (κ1) is 14.5. The monoisotopic (exact) mass is 251 g/mol. The Labute approximate surface area is 108 Å². The molecular formula is C14H21NO3. The number of likely N-dealkylation sites (N-methyl/N-ethyl adjacent to an activating group) is 1. The number of carbonyl (C=O) groups excluding carboxylic acids is 1. The van der Waals surface area contributed by atoms with E-state index in [1.807, 2.05) is 13.8 Å². The Morgan fingerprint density at radius 1 is 1.44 bits per heavy atom. The van der Waals surface area contributed by atoms with Gasteiger partial charge in [0, 0.05) is 25.4 Å². The summed E-state index contributed by atoms with van der Waals surface area (Å²) in [6, 6.07) is 6.67. The molecule has 0 aromatic heterocycles. The standard InChI is InChI=1S/C14H21NO3/c1-5-14(3,18-4)13(17)15(6-2)11-8-7-9-12(16)10-11/h7-10,16H,5-6H2,1-4H3. The van der Waals surface area contributed by atoms with Crippen molar-refractivity contribution in [2.24, 2.45) is 0 Å². The third-order valence-corrected chi connectivity index (χ3v) is 3.28. The molecule has 1 aromatic rings. The van der Waals surface area contributed by atoms with Crippen LogP contribution in [0, 0.1) is 0 Å². The summed E-state index contributed by atoms with van der Waals surface area (Å²) in [4.78, 5) is 14.1. The van der Waals surface area contributed by atoms with Gasteiger partial charge < -0.3 is 14.7 Å². The van der Waals surface area contributed by atoms with Gasteiger partial charge in [0.05, 0.1) is 0 Å². The van der Waals surface area contributed by atoms with E-state index < -0.39 is 5.60 Å². The van der Waals surface area contributed by atoms with Crippen LogP contribution in [-0.4, -0.2) is 30.3 Å². The van der Waals surface area contributed by atoms with Gasteiger partial charge in [0.15, 0.2) is 0 Å². The molecule has 18 heavy (non-hydrogen) atoms. The van der Waals surface area contributed by atoms with Crippen LogP contribution in [0.25, 0.3) is 0 Å². The zero-order valence-electron chi connectivity index (χ0n) is 11.4. The Kier molecular flexibility index (Phi) is 4.73. The Morgan fingerprint density at radius 3 is 2.56 bits per heavy atom. The van der Waals surface area contributed by atoms with Gasteiger partial charge in [-0.1, -0.05) is 13.0 Å². The van der Waals surface area contributed by atoms with Gasteiger partial charge in [0.2, 0.25) is 0 Å². The van der Waals surface area contributed by atoms with Crippen molar-refractivity contribution >= 4 is 11.6 Å².